The SMILES string of the molecule is CNCC(=O)N1CC(F)(F)C[C@@H]1C#N. The summed E-state index contributed by atoms with van der Waals surface area (Å²) < 4.78 is 25.7. The van der Waals surface area contributed by atoms with E-state index < -0.39 is 30.8 Å². The quantitative estimate of drug-likeness (QED) is 0.685. The van der Waals surface area contributed by atoms with Crippen LogP contribution in [0.15, 0.2) is 0 Å². The summed E-state index contributed by atoms with van der Waals surface area (Å²) in [6, 6.07) is 0.712. The molecule has 1 amide bonds. The molecule has 1 atom stereocenters. The topological polar surface area (TPSA) is 56.1 Å². The van der Waals surface area contributed by atoms with Crippen molar-refractivity contribution in [3.63, 3.8) is 0 Å². The molecule has 0 unspecified atom stereocenters. The van der Waals surface area contributed by atoms with Gasteiger partial charge in [0.1, 0.15) is 6.04 Å². The minimum atomic E-state index is -2.93. The van der Waals surface area contributed by atoms with E-state index >= 15 is 0 Å². The van der Waals surface area contributed by atoms with Crippen molar-refractivity contribution in [1.82, 2.24) is 10.2 Å². The Labute approximate surface area is 80.5 Å². The number of likely N-dealkylation sites (N-methyl/N-ethyl adjacent to an activating group) is 1. The van der Waals surface area contributed by atoms with Crippen LogP contribution in [0.2, 0.25) is 0 Å². The number of likely N-dealkylation sites (tertiary alicyclic amines) is 1. The number of amides is 1. The van der Waals surface area contributed by atoms with Crippen LogP contribution in [0.25, 0.3) is 0 Å². The Morgan fingerprint density at radius 1 is 1.79 bits per heavy atom. The molecule has 1 rings (SSSR count). The summed E-state index contributed by atoms with van der Waals surface area (Å²) in [4.78, 5) is 12.2. The minimum Gasteiger partial charge on any atom is -0.319 e. The second-order valence-corrected chi connectivity index (χ2v) is 3.26. The van der Waals surface area contributed by atoms with Gasteiger partial charge in [-0.1, -0.05) is 0 Å². The monoisotopic (exact) mass is 203 g/mol. The van der Waals surface area contributed by atoms with Gasteiger partial charge in [-0.05, 0) is 7.05 Å². The van der Waals surface area contributed by atoms with Gasteiger partial charge in [-0.25, -0.2) is 8.78 Å². The molecule has 0 aromatic rings. The maximum absolute atomic E-state index is 12.9. The molecule has 4 nitrogen and oxygen atoms in total. The number of nitrogens with zero attached hydrogens (tertiary/aromatic N) is 2. The van der Waals surface area contributed by atoms with Crippen LogP contribution in [-0.2, 0) is 4.79 Å². The predicted molar refractivity (Wildman–Crippen MR) is 44.6 cm³/mol. The van der Waals surface area contributed by atoms with Gasteiger partial charge < -0.3 is 10.2 Å². The first-order valence-electron chi connectivity index (χ1n) is 4.21. The number of hydrogen-bond acceptors (Lipinski definition) is 3. The van der Waals surface area contributed by atoms with E-state index in [0.717, 1.165) is 4.90 Å². The summed E-state index contributed by atoms with van der Waals surface area (Å²) >= 11 is 0. The molecule has 1 aliphatic rings. The molecule has 1 fully saturated rings. The maximum Gasteiger partial charge on any atom is 0.268 e. The average Bonchev–Trinajstić information content (AvgIpc) is 2.41. The largest absolute Gasteiger partial charge is 0.319 e. The number of nitriles is 1. The van der Waals surface area contributed by atoms with E-state index in [-0.39, 0.29) is 6.54 Å². The van der Waals surface area contributed by atoms with Crippen LogP contribution in [0.3, 0.4) is 0 Å². The van der Waals surface area contributed by atoms with Gasteiger partial charge in [-0.2, -0.15) is 5.26 Å². The third kappa shape index (κ3) is 2.17. The molecule has 1 aliphatic heterocycles. The number of carbonyl (C=O) groups is 1. The lowest BCUT2D eigenvalue weighted by Crippen LogP contribution is -2.40. The van der Waals surface area contributed by atoms with Gasteiger partial charge in [0.15, 0.2) is 0 Å². The zero-order valence-corrected chi connectivity index (χ0v) is 7.76. The highest BCUT2D eigenvalue weighted by Crippen LogP contribution is 2.31. The number of carbonyl (C=O) groups excluding carboxylic acids is 1. The van der Waals surface area contributed by atoms with Gasteiger partial charge in [0, 0.05) is 6.42 Å². The van der Waals surface area contributed by atoms with Gasteiger partial charge in [-0.3, -0.25) is 4.79 Å². The molecule has 6 heteroatoms. The summed E-state index contributed by atoms with van der Waals surface area (Å²) in [5.41, 5.74) is 0. The molecular formula is C8H11F2N3O. The zero-order chi connectivity index (χ0) is 10.8. The number of alkyl halides is 2. The molecule has 0 radical (unpaired) electrons. The molecule has 1 heterocycles. The van der Waals surface area contributed by atoms with Gasteiger partial charge in [-0.15, -0.1) is 0 Å². The van der Waals surface area contributed by atoms with Gasteiger partial charge >= 0.3 is 0 Å². The molecule has 1 N–H and O–H groups in total. The highest BCUT2D eigenvalue weighted by molar-refractivity contribution is 5.79. The lowest BCUT2D eigenvalue weighted by Gasteiger charge is -2.18. The van der Waals surface area contributed by atoms with Crippen LogP contribution in [0, 0.1) is 11.3 Å². The van der Waals surface area contributed by atoms with Crippen molar-refractivity contribution in [2.45, 2.75) is 18.4 Å². The lowest BCUT2D eigenvalue weighted by atomic mass is 10.2. The molecule has 0 saturated carbocycles. The lowest BCUT2D eigenvalue weighted by molar-refractivity contribution is -0.131. The number of halogens is 2. The zero-order valence-electron chi connectivity index (χ0n) is 7.76. The Morgan fingerprint density at radius 3 is 2.93 bits per heavy atom. The fraction of sp³-hybridized carbons (Fsp3) is 0.750. The fourth-order valence-corrected chi connectivity index (χ4v) is 1.45. The van der Waals surface area contributed by atoms with Crippen LogP contribution in [0.1, 0.15) is 6.42 Å². The number of hydrogen-bond donors (Lipinski definition) is 1. The summed E-state index contributed by atoms with van der Waals surface area (Å²) in [6.45, 7) is -0.667. The Bertz CT molecular complexity index is 274. The molecule has 0 aromatic heterocycles. The van der Waals surface area contributed by atoms with E-state index in [1.165, 1.54) is 0 Å². The molecule has 1 saturated heterocycles. The first kappa shape index (κ1) is 10.9. The van der Waals surface area contributed by atoms with E-state index in [1.54, 1.807) is 13.1 Å². The Kier molecular flexibility index (Phi) is 3.01. The van der Waals surface area contributed by atoms with Crippen molar-refractivity contribution in [3.05, 3.63) is 0 Å². The molecule has 78 valence electrons. The van der Waals surface area contributed by atoms with Crippen molar-refractivity contribution in [3.8, 4) is 6.07 Å². The second-order valence-electron chi connectivity index (χ2n) is 3.26. The Morgan fingerprint density at radius 2 is 2.43 bits per heavy atom. The van der Waals surface area contributed by atoms with Crippen molar-refractivity contribution in [2.75, 3.05) is 20.1 Å². The summed E-state index contributed by atoms with van der Waals surface area (Å²) in [6.07, 6.45) is -0.557. The first-order chi connectivity index (χ1) is 6.50. The third-order valence-corrected chi connectivity index (χ3v) is 2.07. The van der Waals surface area contributed by atoms with Crippen LogP contribution in [0.4, 0.5) is 8.78 Å². The van der Waals surface area contributed by atoms with Crippen LogP contribution in [0.5, 0.6) is 0 Å². The highest BCUT2D eigenvalue weighted by atomic mass is 19.3. The normalized spacial score (nSPS) is 24.7. The fourth-order valence-electron chi connectivity index (χ4n) is 1.45. The van der Waals surface area contributed by atoms with E-state index in [4.69, 9.17) is 5.26 Å². The molecule has 0 aliphatic carbocycles. The molecule has 0 aromatic carbocycles. The van der Waals surface area contributed by atoms with Gasteiger partial charge in [0.2, 0.25) is 5.91 Å². The number of nitrogens with one attached hydrogen (secondary N) is 1. The minimum absolute atomic E-state index is 0.0196. The summed E-state index contributed by atoms with van der Waals surface area (Å²) in [5, 5.41) is 11.2. The van der Waals surface area contributed by atoms with Gasteiger partial charge in [0.05, 0.1) is 19.2 Å². The maximum atomic E-state index is 12.9. The van der Waals surface area contributed by atoms with E-state index in [9.17, 15) is 13.6 Å². The van der Waals surface area contributed by atoms with E-state index in [0.29, 0.717) is 0 Å². The smallest absolute Gasteiger partial charge is 0.268 e. The van der Waals surface area contributed by atoms with Crippen LogP contribution < -0.4 is 5.32 Å². The molecule has 0 spiro atoms. The van der Waals surface area contributed by atoms with E-state index in [1.807, 2.05) is 0 Å². The molecule has 14 heavy (non-hydrogen) atoms. The molecule has 0 bridgehead atoms. The average molecular weight is 203 g/mol. The first-order valence-corrected chi connectivity index (χ1v) is 4.21. The van der Waals surface area contributed by atoms with Crippen molar-refractivity contribution >= 4 is 5.91 Å². The summed E-state index contributed by atoms with van der Waals surface area (Å²) in [5.74, 6) is -3.39. The van der Waals surface area contributed by atoms with Crippen LogP contribution >= 0.6 is 0 Å². The Balaban J connectivity index is 2.70. The number of rotatable bonds is 2. The van der Waals surface area contributed by atoms with Gasteiger partial charge in [0.25, 0.3) is 5.92 Å². The van der Waals surface area contributed by atoms with Crippen molar-refractivity contribution in [2.24, 2.45) is 0 Å². The van der Waals surface area contributed by atoms with E-state index in [2.05, 4.69) is 5.32 Å². The predicted octanol–water partition coefficient (Wildman–Crippen LogP) is -0.0344. The summed E-state index contributed by atoms with van der Waals surface area (Å²) in [7, 11) is 1.55. The third-order valence-electron chi connectivity index (χ3n) is 2.07. The highest BCUT2D eigenvalue weighted by Gasteiger charge is 2.46. The van der Waals surface area contributed by atoms with Crippen molar-refractivity contribution < 1.29 is 13.6 Å². The second kappa shape index (κ2) is 3.88. The van der Waals surface area contributed by atoms with Crippen LogP contribution in [-0.4, -0.2) is 42.9 Å². The Hall–Kier alpha value is -1.22. The molecular weight excluding hydrogens is 192 g/mol. The van der Waals surface area contributed by atoms with Crippen molar-refractivity contribution in [1.29, 1.82) is 5.26 Å². The standard InChI is InChI=1S/C8H11F2N3O/c1-12-4-7(14)13-5-8(9,10)2-6(13)3-11/h6,12H,2,4-5H2,1H3/t6-/m1/s1.